The van der Waals surface area contributed by atoms with Gasteiger partial charge in [0.25, 0.3) is 0 Å². The summed E-state index contributed by atoms with van der Waals surface area (Å²) in [7, 11) is 0. The zero-order chi connectivity index (χ0) is 17.2. The highest BCUT2D eigenvalue weighted by molar-refractivity contribution is 6.35. The Bertz CT molecular complexity index is 539. The second kappa shape index (κ2) is 10.3. The summed E-state index contributed by atoms with van der Waals surface area (Å²) in [5.41, 5.74) is 0. The second-order valence-corrected chi connectivity index (χ2v) is 5.57. The summed E-state index contributed by atoms with van der Waals surface area (Å²) in [5.74, 6) is -0.663. The first-order valence-electron chi connectivity index (χ1n) is 7.09. The van der Waals surface area contributed by atoms with Crippen LogP contribution in [0, 0.1) is 0 Å². The fourth-order valence-electron chi connectivity index (χ4n) is 1.59. The minimum atomic E-state index is -1.03. The van der Waals surface area contributed by atoms with Gasteiger partial charge in [0.1, 0.15) is 5.75 Å². The van der Waals surface area contributed by atoms with Gasteiger partial charge in [-0.2, -0.15) is 0 Å². The molecule has 6 nitrogen and oxygen atoms in total. The Balaban J connectivity index is 2.11. The molecule has 0 aliphatic carbocycles. The average Bonchev–Trinajstić information content (AvgIpc) is 2.49. The van der Waals surface area contributed by atoms with Crippen LogP contribution in [0.3, 0.4) is 0 Å². The molecule has 0 aromatic heterocycles. The number of aliphatic carboxylic acids is 1. The number of carboxylic acids is 1. The van der Waals surface area contributed by atoms with Crippen LogP contribution in [0.5, 0.6) is 5.75 Å². The molecule has 128 valence electrons. The Kier molecular flexibility index (Phi) is 8.76. The molecular weight excluding hydrogens is 345 g/mol. The number of nitrogens with one attached hydrogen (secondary N) is 1. The van der Waals surface area contributed by atoms with Crippen molar-refractivity contribution in [3.8, 4) is 5.75 Å². The molecule has 1 aromatic rings. The molecule has 1 unspecified atom stereocenters. The van der Waals surface area contributed by atoms with E-state index in [1.54, 1.807) is 18.2 Å². The number of benzene rings is 1. The number of amides is 1. The first-order chi connectivity index (χ1) is 10.9. The molecule has 1 atom stereocenters. The van der Waals surface area contributed by atoms with Crippen LogP contribution in [-0.4, -0.2) is 42.8 Å². The normalized spacial score (nSPS) is 11.8. The van der Waals surface area contributed by atoms with Crippen molar-refractivity contribution in [2.75, 3.05) is 19.8 Å². The SMILES string of the molecule is CC(OCCNC(=O)CCCOc1ccc(Cl)cc1Cl)C(=O)O. The lowest BCUT2D eigenvalue weighted by Gasteiger charge is -2.10. The van der Waals surface area contributed by atoms with Crippen LogP contribution < -0.4 is 10.1 Å². The molecule has 1 amide bonds. The number of hydrogen-bond donors (Lipinski definition) is 2. The quantitative estimate of drug-likeness (QED) is 0.624. The Labute approximate surface area is 144 Å². The van der Waals surface area contributed by atoms with Crippen molar-refractivity contribution in [2.24, 2.45) is 0 Å². The van der Waals surface area contributed by atoms with Gasteiger partial charge in [-0.15, -0.1) is 0 Å². The smallest absolute Gasteiger partial charge is 0.332 e. The molecule has 0 heterocycles. The molecule has 8 heteroatoms. The molecular formula is C15H19Cl2NO5. The van der Waals surface area contributed by atoms with Crippen molar-refractivity contribution >= 4 is 35.1 Å². The zero-order valence-electron chi connectivity index (χ0n) is 12.7. The molecule has 0 aliphatic rings. The van der Waals surface area contributed by atoms with Gasteiger partial charge >= 0.3 is 5.97 Å². The molecule has 0 bridgehead atoms. The van der Waals surface area contributed by atoms with E-state index in [0.29, 0.717) is 35.2 Å². The predicted octanol–water partition coefficient (Wildman–Crippen LogP) is 2.76. The van der Waals surface area contributed by atoms with E-state index in [1.165, 1.54) is 6.92 Å². The monoisotopic (exact) mass is 363 g/mol. The lowest BCUT2D eigenvalue weighted by atomic mass is 10.3. The standard InChI is InChI=1S/C15H19Cl2NO5/c1-10(15(20)21)22-8-6-18-14(19)3-2-7-23-13-5-4-11(16)9-12(13)17/h4-5,9-10H,2-3,6-8H2,1H3,(H,18,19)(H,20,21). The maximum absolute atomic E-state index is 11.6. The van der Waals surface area contributed by atoms with Crippen molar-refractivity contribution < 1.29 is 24.2 Å². The molecule has 0 radical (unpaired) electrons. The van der Waals surface area contributed by atoms with Gasteiger partial charge in [0.15, 0.2) is 6.10 Å². The third-order valence-corrected chi connectivity index (χ3v) is 3.37. The Hall–Kier alpha value is -1.50. The van der Waals surface area contributed by atoms with Crippen molar-refractivity contribution in [3.63, 3.8) is 0 Å². The summed E-state index contributed by atoms with van der Waals surface area (Å²) in [4.78, 5) is 22.1. The van der Waals surface area contributed by atoms with Crippen LogP contribution >= 0.6 is 23.2 Å². The number of ether oxygens (including phenoxy) is 2. The molecule has 0 saturated heterocycles. The maximum atomic E-state index is 11.6. The fourth-order valence-corrected chi connectivity index (χ4v) is 2.06. The van der Waals surface area contributed by atoms with Crippen LogP contribution in [0.15, 0.2) is 18.2 Å². The second-order valence-electron chi connectivity index (χ2n) is 4.73. The summed E-state index contributed by atoms with van der Waals surface area (Å²) in [5, 5.41) is 12.2. The number of halogens is 2. The molecule has 0 fully saturated rings. The Morgan fingerprint density at radius 2 is 2.04 bits per heavy atom. The van der Waals surface area contributed by atoms with Crippen molar-refractivity contribution in [1.82, 2.24) is 5.32 Å². The zero-order valence-corrected chi connectivity index (χ0v) is 14.2. The van der Waals surface area contributed by atoms with Gasteiger partial charge in [0, 0.05) is 18.0 Å². The van der Waals surface area contributed by atoms with Gasteiger partial charge in [-0.25, -0.2) is 4.79 Å². The van der Waals surface area contributed by atoms with Crippen LogP contribution in [0.1, 0.15) is 19.8 Å². The molecule has 1 rings (SSSR count). The van der Waals surface area contributed by atoms with Crippen LogP contribution in [-0.2, 0) is 14.3 Å². The molecule has 0 saturated carbocycles. The minimum absolute atomic E-state index is 0.149. The van der Waals surface area contributed by atoms with E-state index >= 15 is 0 Å². The van der Waals surface area contributed by atoms with Gasteiger partial charge in [0.05, 0.1) is 18.2 Å². The summed E-state index contributed by atoms with van der Waals surface area (Å²) in [6.45, 7) is 2.20. The summed E-state index contributed by atoms with van der Waals surface area (Å²) < 4.78 is 10.5. The molecule has 2 N–H and O–H groups in total. The van der Waals surface area contributed by atoms with Gasteiger partial charge in [-0.3, -0.25) is 4.79 Å². The van der Waals surface area contributed by atoms with E-state index < -0.39 is 12.1 Å². The number of rotatable bonds is 10. The predicted molar refractivity (Wildman–Crippen MR) is 87.3 cm³/mol. The summed E-state index contributed by atoms with van der Waals surface area (Å²) in [6.07, 6.45) is -0.0685. The number of carbonyl (C=O) groups excluding carboxylic acids is 1. The van der Waals surface area contributed by atoms with Gasteiger partial charge in [-0.1, -0.05) is 23.2 Å². The van der Waals surface area contributed by atoms with Gasteiger partial charge in [0.2, 0.25) is 5.91 Å². The third kappa shape index (κ3) is 8.06. The first kappa shape index (κ1) is 19.5. The van der Waals surface area contributed by atoms with E-state index in [0.717, 1.165) is 0 Å². The van der Waals surface area contributed by atoms with E-state index in [-0.39, 0.29) is 19.1 Å². The Morgan fingerprint density at radius 3 is 2.70 bits per heavy atom. The van der Waals surface area contributed by atoms with Crippen molar-refractivity contribution in [3.05, 3.63) is 28.2 Å². The number of hydrogen-bond acceptors (Lipinski definition) is 4. The maximum Gasteiger partial charge on any atom is 0.332 e. The van der Waals surface area contributed by atoms with Gasteiger partial charge < -0.3 is 19.9 Å². The van der Waals surface area contributed by atoms with Gasteiger partial charge in [-0.05, 0) is 31.5 Å². The van der Waals surface area contributed by atoms with Crippen molar-refractivity contribution in [2.45, 2.75) is 25.9 Å². The molecule has 23 heavy (non-hydrogen) atoms. The minimum Gasteiger partial charge on any atom is -0.492 e. The van der Waals surface area contributed by atoms with Crippen LogP contribution in [0.2, 0.25) is 10.0 Å². The number of carbonyl (C=O) groups is 2. The molecule has 0 aliphatic heterocycles. The number of carboxylic acid groups (broad SMARTS) is 1. The van der Waals surface area contributed by atoms with Crippen LogP contribution in [0.25, 0.3) is 0 Å². The van der Waals surface area contributed by atoms with E-state index in [9.17, 15) is 9.59 Å². The van der Waals surface area contributed by atoms with E-state index in [2.05, 4.69) is 5.32 Å². The highest BCUT2D eigenvalue weighted by Gasteiger charge is 2.10. The topological polar surface area (TPSA) is 84.9 Å². The lowest BCUT2D eigenvalue weighted by Crippen LogP contribution is -2.30. The summed E-state index contributed by atoms with van der Waals surface area (Å²) >= 11 is 11.7. The third-order valence-electron chi connectivity index (χ3n) is 2.84. The summed E-state index contributed by atoms with van der Waals surface area (Å²) in [6, 6.07) is 4.93. The Morgan fingerprint density at radius 1 is 1.30 bits per heavy atom. The molecule has 1 aromatic carbocycles. The average molecular weight is 364 g/mol. The molecule has 0 spiro atoms. The van der Waals surface area contributed by atoms with E-state index in [4.69, 9.17) is 37.8 Å². The van der Waals surface area contributed by atoms with Crippen molar-refractivity contribution in [1.29, 1.82) is 0 Å². The highest BCUT2D eigenvalue weighted by Crippen LogP contribution is 2.27. The lowest BCUT2D eigenvalue weighted by molar-refractivity contribution is -0.148. The van der Waals surface area contributed by atoms with E-state index in [1.807, 2.05) is 0 Å². The highest BCUT2D eigenvalue weighted by atomic mass is 35.5. The van der Waals surface area contributed by atoms with Crippen LogP contribution in [0.4, 0.5) is 0 Å². The first-order valence-corrected chi connectivity index (χ1v) is 7.84. The largest absolute Gasteiger partial charge is 0.492 e. The fraction of sp³-hybridized carbons (Fsp3) is 0.467.